The van der Waals surface area contributed by atoms with Crippen LogP contribution in [-0.2, 0) is 10.0 Å². The Kier molecular flexibility index (Phi) is 3.69. The summed E-state index contributed by atoms with van der Waals surface area (Å²) in [4.78, 5) is 3.49. The molecule has 1 aliphatic rings. The summed E-state index contributed by atoms with van der Waals surface area (Å²) in [5.74, 6) is -1.37. The van der Waals surface area contributed by atoms with Crippen LogP contribution in [0.2, 0.25) is 0 Å². The van der Waals surface area contributed by atoms with Crippen LogP contribution in [-0.4, -0.2) is 29.4 Å². The van der Waals surface area contributed by atoms with Crippen molar-refractivity contribution in [2.45, 2.75) is 30.7 Å². The Bertz CT molecular complexity index is 807. The molecule has 9 heteroatoms. The van der Waals surface area contributed by atoms with Crippen LogP contribution in [0.5, 0.6) is 0 Å². The molecule has 1 fully saturated rings. The molecule has 1 aromatic heterocycles. The molecule has 2 aromatic rings. The molecular weight excluding hydrogens is 316 g/mol. The van der Waals surface area contributed by atoms with E-state index in [1.165, 1.54) is 0 Å². The molecule has 0 aliphatic carbocycles. The van der Waals surface area contributed by atoms with Crippen molar-refractivity contribution in [3.63, 3.8) is 0 Å². The van der Waals surface area contributed by atoms with Gasteiger partial charge in [0, 0.05) is 12.6 Å². The van der Waals surface area contributed by atoms with Crippen LogP contribution in [0.1, 0.15) is 30.6 Å². The smallest absolute Gasteiger partial charge is 0.246 e. The Hall–Kier alpha value is -1.87. The number of halogens is 2. The van der Waals surface area contributed by atoms with E-state index in [1.54, 1.807) is 6.92 Å². The monoisotopic (exact) mass is 329 g/mol. The first kappa shape index (κ1) is 15.0. The van der Waals surface area contributed by atoms with Gasteiger partial charge >= 0.3 is 0 Å². The molecule has 22 heavy (non-hydrogen) atoms. The van der Waals surface area contributed by atoms with Crippen molar-refractivity contribution in [2.75, 3.05) is 6.54 Å². The summed E-state index contributed by atoms with van der Waals surface area (Å²) in [6.45, 7) is 1.84. The molecule has 3 rings (SSSR count). The van der Waals surface area contributed by atoms with Crippen LogP contribution in [0.15, 0.2) is 27.6 Å². The molecule has 0 amide bonds. The maximum Gasteiger partial charge on any atom is 0.246 e. The van der Waals surface area contributed by atoms with E-state index < -0.39 is 32.6 Å². The number of rotatable bonds is 3. The number of nitrogens with zero attached hydrogens (tertiary/aromatic N) is 3. The van der Waals surface area contributed by atoms with Crippen LogP contribution in [0.4, 0.5) is 8.78 Å². The summed E-state index contributed by atoms with van der Waals surface area (Å²) in [7, 11) is -4.11. The third-order valence-electron chi connectivity index (χ3n) is 3.51. The Balaban J connectivity index is 2.00. The van der Waals surface area contributed by atoms with Crippen molar-refractivity contribution in [1.82, 2.24) is 14.4 Å². The van der Waals surface area contributed by atoms with Crippen LogP contribution in [0.25, 0.3) is 0 Å². The number of aromatic nitrogens is 2. The predicted molar refractivity (Wildman–Crippen MR) is 71.3 cm³/mol. The standard InChI is InChI=1S/C13H13F2N3O3S/c1-8-16-13(21-17-8)11-3-2-6-18(11)22(19,20)12-5-4-9(14)7-10(12)15/h4-5,7,11H,2-3,6H2,1H3. The highest BCUT2D eigenvalue weighted by Crippen LogP contribution is 2.36. The quantitative estimate of drug-likeness (QED) is 0.863. The minimum absolute atomic E-state index is 0.182. The largest absolute Gasteiger partial charge is 0.338 e. The maximum absolute atomic E-state index is 13.8. The molecule has 1 unspecified atom stereocenters. The Labute approximate surface area is 125 Å². The number of aryl methyl sites for hydroxylation is 1. The topological polar surface area (TPSA) is 76.3 Å². The number of hydrogen-bond donors (Lipinski definition) is 0. The lowest BCUT2D eigenvalue weighted by Crippen LogP contribution is -2.31. The van der Waals surface area contributed by atoms with E-state index in [2.05, 4.69) is 10.1 Å². The van der Waals surface area contributed by atoms with Crippen LogP contribution < -0.4 is 0 Å². The zero-order valence-corrected chi connectivity index (χ0v) is 12.5. The SMILES string of the molecule is Cc1noc(C2CCCN2S(=O)(=O)c2ccc(F)cc2F)n1. The van der Waals surface area contributed by atoms with Crippen LogP contribution in [0.3, 0.4) is 0 Å². The van der Waals surface area contributed by atoms with Gasteiger partial charge in [0.2, 0.25) is 15.9 Å². The van der Waals surface area contributed by atoms with Crippen molar-refractivity contribution in [3.05, 3.63) is 41.5 Å². The fourth-order valence-electron chi connectivity index (χ4n) is 2.53. The second-order valence-corrected chi connectivity index (χ2v) is 6.89. The zero-order valence-electron chi connectivity index (χ0n) is 11.7. The van der Waals surface area contributed by atoms with E-state index in [0.29, 0.717) is 24.7 Å². The first-order valence-corrected chi connectivity index (χ1v) is 8.10. The minimum atomic E-state index is -4.11. The molecule has 118 valence electrons. The highest BCUT2D eigenvalue weighted by Gasteiger charge is 2.40. The molecule has 1 aliphatic heterocycles. The highest BCUT2D eigenvalue weighted by atomic mass is 32.2. The predicted octanol–water partition coefficient (Wildman–Crippen LogP) is 2.18. The van der Waals surface area contributed by atoms with E-state index in [0.717, 1.165) is 16.4 Å². The summed E-state index contributed by atoms with van der Waals surface area (Å²) >= 11 is 0. The van der Waals surface area contributed by atoms with Gasteiger partial charge in [0.05, 0.1) is 0 Å². The Morgan fingerprint density at radius 3 is 2.77 bits per heavy atom. The van der Waals surface area contributed by atoms with Crippen molar-refractivity contribution in [2.24, 2.45) is 0 Å². The van der Waals surface area contributed by atoms with E-state index in [1.807, 2.05) is 0 Å². The third kappa shape index (κ3) is 2.50. The molecule has 2 heterocycles. The number of sulfonamides is 1. The normalized spacial score (nSPS) is 19.7. The van der Waals surface area contributed by atoms with Gasteiger partial charge in [0.1, 0.15) is 22.6 Å². The number of hydrogen-bond acceptors (Lipinski definition) is 5. The van der Waals surface area contributed by atoms with Gasteiger partial charge in [-0.05, 0) is 31.9 Å². The third-order valence-corrected chi connectivity index (χ3v) is 5.45. The van der Waals surface area contributed by atoms with Gasteiger partial charge in [-0.25, -0.2) is 17.2 Å². The van der Waals surface area contributed by atoms with E-state index >= 15 is 0 Å². The van der Waals surface area contributed by atoms with Crippen molar-refractivity contribution in [3.8, 4) is 0 Å². The first-order valence-electron chi connectivity index (χ1n) is 6.66. The summed E-state index contributed by atoms with van der Waals surface area (Å²) in [5, 5.41) is 3.65. The summed E-state index contributed by atoms with van der Waals surface area (Å²) in [6, 6.07) is 1.76. The number of benzene rings is 1. The fourth-order valence-corrected chi connectivity index (χ4v) is 4.23. The van der Waals surface area contributed by atoms with Crippen LogP contribution in [0, 0.1) is 18.6 Å². The highest BCUT2D eigenvalue weighted by molar-refractivity contribution is 7.89. The van der Waals surface area contributed by atoms with Gasteiger partial charge in [-0.1, -0.05) is 5.16 Å². The molecule has 0 N–H and O–H groups in total. The molecule has 1 aromatic carbocycles. The van der Waals surface area contributed by atoms with Crippen molar-refractivity contribution in [1.29, 1.82) is 0 Å². The minimum Gasteiger partial charge on any atom is -0.338 e. The second-order valence-electron chi connectivity index (χ2n) is 5.03. The summed E-state index contributed by atoms with van der Waals surface area (Å²) in [6.07, 6.45) is 1.10. The van der Waals surface area contributed by atoms with Gasteiger partial charge in [-0.3, -0.25) is 0 Å². The van der Waals surface area contributed by atoms with Gasteiger partial charge in [-0.15, -0.1) is 0 Å². The Morgan fingerprint density at radius 1 is 1.36 bits per heavy atom. The van der Waals surface area contributed by atoms with Crippen LogP contribution >= 0.6 is 0 Å². The van der Waals surface area contributed by atoms with Crippen molar-refractivity contribution < 1.29 is 21.7 Å². The van der Waals surface area contributed by atoms with Gasteiger partial charge in [-0.2, -0.15) is 9.29 Å². The summed E-state index contributed by atoms with van der Waals surface area (Å²) in [5.41, 5.74) is 0. The lowest BCUT2D eigenvalue weighted by Gasteiger charge is -2.21. The van der Waals surface area contributed by atoms with E-state index in [-0.39, 0.29) is 12.4 Å². The van der Waals surface area contributed by atoms with E-state index in [4.69, 9.17) is 4.52 Å². The van der Waals surface area contributed by atoms with Crippen molar-refractivity contribution >= 4 is 10.0 Å². The average molecular weight is 329 g/mol. The Morgan fingerprint density at radius 2 is 2.14 bits per heavy atom. The molecule has 1 saturated heterocycles. The molecular formula is C13H13F2N3O3S. The average Bonchev–Trinajstić information content (AvgIpc) is 3.06. The van der Waals surface area contributed by atoms with E-state index in [9.17, 15) is 17.2 Å². The zero-order chi connectivity index (χ0) is 15.9. The first-order chi connectivity index (χ1) is 10.4. The fraction of sp³-hybridized carbons (Fsp3) is 0.385. The molecule has 6 nitrogen and oxygen atoms in total. The lowest BCUT2D eigenvalue weighted by atomic mass is 10.2. The maximum atomic E-state index is 13.8. The van der Waals surface area contributed by atoms with Gasteiger partial charge in [0.25, 0.3) is 0 Å². The molecule has 0 radical (unpaired) electrons. The molecule has 0 saturated carbocycles. The second kappa shape index (κ2) is 5.40. The molecule has 0 spiro atoms. The molecule has 1 atom stereocenters. The lowest BCUT2D eigenvalue weighted by molar-refractivity contribution is 0.289. The van der Waals surface area contributed by atoms with Gasteiger partial charge < -0.3 is 4.52 Å². The van der Waals surface area contributed by atoms with Gasteiger partial charge in [0.15, 0.2) is 5.82 Å². The molecule has 0 bridgehead atoms. The summed E-state index contributed by atoms with van der Waals surface area (Å²) < 4.78 is 58.2.